The van der Waals surface area contributed by atoms with E-state index >= 15 is 0 Å². The predicted molar refractivity (Wildman–Crippen MR) is 89.8 cm³/mol. The molecule has 7 heteroatoms. The molecule has 25 heavy (non-hydrogen) atoms. The summed E-state index contributed by atoms with van der Waals surface area (Å²) in [6, 6.07) is 7.57. The molecule has 1 unspecified atom stereocenters. The van der Waals surface area contributed by atoms with E-state index in [9.17, 15) is 18.3 Å². The van der Waals surface area contributed by atoms with E-state index in [1.165, 1.54) is 0 Å². The molecular formula is C18H19F3N2O2. The third kappa shape index (κ3) is 3.28. The van der Waals surface area contributed by atoms with Gasteiger partial charge >= 0.3 is 6.18 Å². The lowest BCUT2D eigenvalue weighted by molar-refractivity contribution is -0.205. The molecule has 4 nitrogen and oxygen atoms in total. The van der Waals surface area contributed by atoms with Crippen LogP contribution in [0.15, 0.2) is 30.5 Å². The number of aromatic nitrogens is 2. The largest absolute Gasteiger partial charge is 0.497 e. The number of aryl methyl sites for hydroxylation is 2. The number of methoxy groups -OCH3 is 1. The lowest BCUT2D eigenvalue weighted by atomic mass is 10.1. The third-order valence-corrected chi connectivity index (χ3v) is 4.40. The number of hydrogen-bond donors (Lipinski definition) is 1. The second-order valence-electron chi connectivity index (χ2n) is 6.03. The molecule has 2 aromatic heterocycles. The molecule has 3 aromatic rings. The highest BCUT2D eigenvalue weighted by atomic mass is 19.4. The number of aliphatic hydroxyl groups is 1. The maximum atomic E-state index is 12.5. The van der Waals surface area contributed by atoms with Gasteiger partial charge in [0.1, 0.15) is 11.9 Å². The number of hydrogen-bond acceptors (Lipinski definition) is 3. The van der Waals surface area contributed by atoms with Crippen molar-refractivity contribution in [3.8, 4) is 5.75 Å². The highest BCUT2D eigenvalue weighted by molar-refractivity contribution is 6.09. The molecule has 1 N–H and O–H groups in total. The van der Waals surface area contributed by atoms with Crippen molar-refractivity contribution in [1.82, 2.24) is 9.55 Å². The Morgan fingerprint density at radius 3 is 2.68 bits per heavy atom. The SMILES string of the molecule is COc1ccc2c3ccnc(C)c3n(CCCC(O)C(F)(F)F)c2c1. The number of halogens is 3. The first-order chi connectivity index (χ1) is 11.8. The molecule has 0 bridgehead atoms. The quantitative estimate of drug-likeness (QED) is 0.748. The van der Waals surface area contributed by atoms with Crippen LogP contribution in [-0.2, 0) is 6.54 Å². The van der Waals surface area contributed by atoms with Crippen molar-refractivity contribution in [2.75, 3.05) is 7.11 Å². The van der Waals surface area contributed by atoms with E-state index in [-0.39, 0.29) is 12.8 Å². The van der Waals surface area contributed by atoms with Crippen molar-refractivity contribution >= 4 is 21.8 Å². The molecule has 0 aliphatic heterocycles. The van der Waals surface area contributed by atoms with Gasteiger partial charge in [0, 0.05) is 29.6 Å². The first-order valence-electron chi connectivity index (χ1n) is 7.99. The monoisotopic (exact) mass is 352 g/mol. The topological polar surface area (TPSA) is 47.3 Å². The van der Waals surface area contributed by atoms with Crippen LogP contribution in [0.3, 0.4) is 0 Å². The fraction of sp³-hybridized carbons (Fsp3) is 0.389. The molecule has 0 fully saturated rings. The minimum absolute atomic E-state index is 0.200. The molecule has 0 saturated carbocycles. The van der Waals surface area contributed by atoms with Gasteiger partial charge in [-0.2, -0.15) is 13.2 Å². The maximum Gasteiger partial charge on any atom is 0.414 e. The van der Waals surface area contributed by atoms with Gasteiger partial charge in [-0.1, -0.05) is 0 Å². The number of rotatable bonds is 5. The molecule has 0 radical (unpaired) electrons. The van der Waals surface area contributed by atoms with Crippen LogP contribution >= 0.6 is 0 Å². The molecular weight excluding hydrogens is 333 g/mol. The van der Waals surface area contributed by atoms with E-state index in [1.807, 2.05) is 35.8 Å². The molecule has 0 aliphatic rings. The molecule has 0 spiro atoms. The molecule has 2 heterocycles. The Kier molecular flexibility index (Phi) is 4.60. The molecule has 1 aromatic carbocycles. The summed E-state index contributed by atoms with van der Waals surface area (Å²) in [6.45, 7) is 2.23. The first-order valence-corrected chi connectivity index (χ1v) is 7.99. The highest BCUT2D eigenvalue weighted by Gasteiger charge is 2.37. The summed E-state index contributed by atoms with van der Waals surface area (Å²) >= 11 is 0. The molecule has 134 valence electrons. The van der Waals surface area contributed by atoms with Crippen molar-refractivity contribution in [1.29, 1.82) is 0 Å². The zero-order valence-corrected chi connectivity index (χ0v) is 14.0. The Bertz CT molecular complexity index is 903. The lowest BCUT2D eigenvalue weighted by Crippen LogP contribution is -2.28. The fourth-order valence-electron chi connectivity index (χ4n) is 3.17. The van der Waals surface area contributed by atoms with Crippen LogP contribution in [0.2, 0.25) is 0 Å². The standard InChI is InChI=1S/C18H19F3N2O2/c1-11-17-14(7-8-22-11)13-6-5-12(25-2)10-15(13)23(17)9-3-4-16(24)18(19,20)21/h5-8,10,16,24H,3-4,9H2,1-2H3. The van der Waals surface area contributed by atoms with E-state index < -0.39 is 12.3 Å². The van der Waals surface area contributed by atoms with E-state index in [2.05, 4.69) is 4.98 Å². The van der Waals surface area contributed by atoms with Crippen LogP contribution in [0, 0.1) is 6.92 Å². The second kappa shape index (κ2) is 6.55. The Balaban J connectivity index is 2.02. The Morgan fingerprint density at radius 2 is 2.00 bits per heavy atom. The van der Waals surface area contributed by atoms with Crippen molar-refractivity contribution in [3.05, 3.63) is 36.2 Å². The predicted octanol–water partition coefficient (Wildman–Crippen LogP) is 4.21. The average Bonchev–Trinajstić information content (AvgIpc) is 2.88. The third-order valence-electron chi connectivity index (χ3n) is 4.40. The van der Waals surface area contributed by atoms with E-state index in [0.29, 0.717) is 12.3 Å². The van der Waals surface area contributed by atoms with Crippen LogP contribution in [0.25, 0.3) is 21.8 Å². The normalized spacial score (nSPS) is 13.5. The summed E-state index contributed by atoms with van der Waals surface area (Å²) in [5.74, 6) is 0.678. The summed E-state index contributed by atoms with van der Waals surface area (Å²) in [5.41, 5.74) is 2.59. The smallest absolute Gasteiger partial charge is 0.414 e. The summed E-state index contributed by atoms with van der Waals surface area (Å²) in [6.07, 6.45) is -5.30. The van der Waals surface area contributed by atoms with Gasteiger partial charge in [-0.3, -0.25) is 4.98 Å². The van der Waals surface area contributed by atoms with E-state index in [1.54, 1.807) is 13.3 Å². The zero-order valence-electron chi connectivity index (χ0n) is 14.0. The Morgan fingerprint density at radius 1 is 1.24 bits per heavy atom. The number of nitrogens with zero attached hydrogens (tertiary/aromatic N) is 2. The van der Waals surface area contributed by atoms with Crippen molar-refractivity contribution < 1.29 is 23.0 Å². The van der Waals surface area contributed by atoms with Gasteiger partial charge in [-0.25, -0.2) is 0 Å². The van der Waals surface area contributed by atoms with Crippen LogP contribution < -0.4 is 4.74 Å². The summed E-state index contributed by atoms with van der Waals surface area (Å²) in [4.78, 5) is 4.31. The summed E-state index contributed by atoms with van der Waals surface area (Å²) in [7, 11) is 1.57. The van der Waals surface area contributed by atoms with E-state index in [0.717, 1.165) is 27.5 Å². The average molecular weight is 352 g/mol. The van der Waals surface area contributed by atoms with Crippen LogP contribution in [0.1, 0.15) is 18.5 Å². The van der Waals surface area contributed by atoms with Crippen molar-refractivity contribution in [2.24, 2.45) is 0 Å². The van der Waals surface area contributed by atoms with Gasteiger partial charge in [0.05, 0.1) is 23.8 Å². The Labute approximate surface area is 142 Å². The number of aliphatic hydroxyl groups excluding tert-OH is 1. The van der Waals surface area contributed by atoms with Crippen molar-refractivity contribution in [3.63, 3.8) is 0 Å². The van der Waals surface area contributed by atoms with Gasteiger partial charge in [0.2, 0.25) is 0 Å². The minimum Gasteiger partial charge on any atom is -0.497 e. The number of ether oxygens (including phenoxy) is 1. The molecule has 1 atom stereocenters. The first kappa shape index (κ1) is 17.5. The summed E-state index contributed by atoms with van der Waals surface area (Å²) in [5, 5.41) is 11.2. The molecule has 3 rings (SSSR count). The fourth-order valence-corrected chi connectivity index (χ4v) is 3.17. The van der Waals surface area contributed by atoms with Crippen LogP contribution in [-0.4, -0.2) is 34.0 Å². The molecule has 0 aliphatic carbocycles. The van der Waals surface area contributed by atoms with Gasteiger partial charge in [-0.05, 0) is 38.0 Å². The summed E-state index contributed by atoms with van der Waals surface area (Å²) < 4.78 is 44.7. The number of benzene rings is 1. The van der Waals surface area contributed by atoms with E-state index in [4.69, 9.17) is 4.74 Å². The minimum atomic E-state index is -4.58. The van der Waals surface area contributed by atoms with Gasteiger partial charge < -0.3 is 14.4 Å². The number of alkyl halides is 3. The van der Waals surface area contributed by atoms with Gasteiger partial charge in [0.15, 0.2) is 0 Å². The Hall–Kier alpha value is -2.28. The van der Waals surface area contributed by atoms with Crippen LogP contribution in [0.4, 0.5) is 13.2 Å². The van der Waals surface area contributed by atoms with Gasteiger partial charge in [-0.15, -0.1) is 0 Å². The number of pyridine rings is 1. The lowest BCUT2D eigenvalue weighted by Gasteiger charge is -2.15. The molecule has 0 amide bonds. The van der Waals surface area contributed by atoms with Gasteiger partial charge in [0.25, 0.3) is 0 Å². The second-order valence-corrected chi connectivity index (χ2v) is 6.03. The maximum absolute atomic E-state index is 12.5. The zero-order chi connectivity index (χ0) is 18.2. The molecule has 0 saturated heterocycles. The van der Waals surface area contributed by atoms with Crippen LogP contribution in [0.5, 0.6) is 5.75 Å². The number of fused-ring (bicyclic) bond motifs is 3. The highest BCUT2D eigenvalue weighted by Crippen LogP contribution is 2.33. The van der Waals surface area contributed by atoms with Crippen molar-refractivity contribution in [2.45, 2.75) is 38.6 Å².